The largest absolute Gasteiger partial charge is 0.303 e. The number of carbonyl (C=O) groups excluding carboxylic acids is 1. The molecule has 0 rings (SSSR count). The molecule has 0 saturated carbocycles. The lowest BCUT2D eigenvalue weighted by molar-refractivity contribution is -0.107. The maximum atomic E-state index is 9.97. The van der Waals surface area contributed by atoms with E-state index in [4.69, 9.17) is 5.26 Å². The highest BCUT2D eigenvalue weighted by molar-refractivity contribution is 5.49. The number of allylic oxidation sites excluding steroid dienone is 8. The minimum absolute atomic E-state index is 0. The van der Waals surface area contributed by atoms with Gasteiger partial charge in [-0.25, -0.2) is 0 Å². The number of nitriles is 1. The molecule has 0 aromatic carbocycles. The summed E-state index contributed by atoms with van der Waals surface area (Å²) in [6, 6.07) is 2.12. The summed E-state index contributed by atoms with van der Waals surface area (Å²) in [4.78, 5) is 9.97. The molecule has 0 amide bonds. The Hall–Kier alpha value is -1.88. The maximum Gasteiger partial charge on any atom is 0.120 e. The molecule has 0 spiro atoms. The van der Waals surface area contributed by atoms with Crippen LogP contribution in [-0.2, 0) is 4.79 Å². The first-order valence-corrected chi connectivity index (χ1v) is 10.2. The van der Waals surface area contributed by atoms with Gasteiger partial charge in [-0.3, -0.25) is 0 Å². The van der Waals surface area contributed by atoms with Crippen molar-refractivity contribution in [2.24, 2.45) is 0 Å². The molecule has 0 aliphatic heterocycles. The average Bonchev–Trinajstić information content (AvgIpc) is 2.66. The fraction of sp³-hybridized carbons (Fsp3) is 0.600. The Morgan fingerprint density at radius 2 is 1.04 bits per heavy atom. The molecule has 0 radical (unpaired) electrons. The van der Waals surface area contributed by atoms with Crippen LogP contribution in [0, 0.1) is 11.3 Å². The summed E-state index contributed by atoms with van der Waals surface area (Å²) in [6.45, 7) is 4.30. The van der Waals surface area contributed by atoms with Gasteiger partial charge in [-0.1, -0.05) is 69.9 Å². The molecule has 2 heteroatoms. The maximum absolute atomic E-state index is 9.97. The van der Waals surface area contributed by atoms with Crippen molar-refractivity contribution in [3.05, 3.63) is 48.6 Å². The van der Waals surface area contributed by atoms with Crippen molar-refractivity contribution in [1.82, 2.24) is 0 Å². The van der Waals surface area contributed by atoms with Gasteiger partial charge in [0.05, 0.1) is 6.07 Å². The van der Waals surface area contributed by atoms with Crippen LogP contribution < -0.4 is 0 Å². The minimum Gasteiger partial charge on any atom is -0.303 e. The Labute approximate surface area is 169 Å². The summed E-state index contributed by atoms with van der Waals surface area (Å²) >= 11 is 0. The minimum atomic E-state index is 0. The molecule has 0 atom stereocenters. The molecule has 0 aliphatic carbocycles. The van der Waals surface area contributed by atoms with Crippen molar-refractivity contribution in [3.8, 4) is 6.07 Å². The predicted molar refractivity (Wildman–Crippen MR) is 122 cm³/mol. The smallest absolute Gasteiger partial charge is 0.120 e. The van der Waals surface area contributed by atoms with Crippen LogP contribution in [0.5, 0.6) is 0 Å². The number of carbonyl (C=O) groups is 1. The number of hydrogen-bond donors (Lipinski definition) is 0. The van der Waals surface area contributed by atoms with E-state index < -0.39 is 0 Å². The van der Waals surface area contributed by atoms with Crippen LogP contribution in [-0.4, -0.2) is 6.29 Å². The zero-order chi connectivity index (χ0) is 19.6. The van der Waals surface area contributed by atoms with E-state index in [1.165, 1.54) is 25.7 Å². The van der Waals surface area contributed by atoms with Gasteiger partial charge in [0.1, 0.15) is 6.29 Å². The molecule has 0 N–H and O–H groups in total. The van der Waals surface area contributed by atoms with Gasteiger partial charge in [0.25, 0.3) is 0 Å². The van der Waals surface area contributed by atoms with Crippen LogP contribution in [0.4, 0.5) is 0 Å². The lowest BCUT2D eigenvalue weighted by Crippen LogP contribution is -1.72. The third-order valence-corrected chi connectivity index (χ3v) is 3.50. The summed E-state index contributed by atoms with van der Waals surface area (Å²) in [5.74, 6) is 0. The van der Waals surface area contributed by atoms with Gasteiger partial charge in [0.2, 0.25) is 0 Å². The standard InChI is InChI=1S/C12H19N.C12H20O.CH4/c2*1-2-3-4-5-6-7-8-9-10-11-12-13;/h3-4,8-9H,2,5-7,10-11H2,1H3;3-4,8-9,12H,2,5-7,10-11H2,1H3;1H4/b2*4-3-,9-8-;. The van der Waals surface area contributed by atoms with Crippen molar-refractivity contribution in [3.63, 3.8) is 0 Å². The number of aldehydes is 1. The zero-order valence-electron chi connectivity index (χ0n) is 17.0. The fourth-order valence-corrected chi connectivity index (χ4v) is 2.06. The molecule has 27 heavy (non-hydrogen) atoms. The lowest BCUT2D eigenvalue weighted by Gasteiger charge is -1.89. The molecule has 0 aromatic rings. The number of rotatable bonds is 15. The zero-order valence-corrected chi connectivity index (χ0v) is 17.0. The van der Waals surface area contributed by atoms with E-state index in [0.29, 0.717) is 12.8 Å². The van der Waals surface area contributed by atoms with Gasteiger partial charge in [0.15, 0.2) is 0 Å². The SMILES string of the molecule is C.CC/C=C\CCC/C=C\CCC#N.CC/C=C\CCC/C=C\CCC=O. The quantitative estimate of drug-likeness (QED) is 0.164. The molecule has 0 saturated heterocycles. The molecule has 0 heterocycles. The van der Waals surface area contributed by atoms with E-state index in [0.717, 1.165) is 44.8 Å². The third kappa shape index (κ3) is 35.9. The summed E-state index contributed by atoms with van der Waals surface area (Å²) in [5, 5.41) is 8.27. The first kappa shape index (κ1) is 29.9. The Balaban J connectivity index is -0.000000411. The molecule has 0 unspecified atom stereocenters. The van der Waals surface area contributed by atoms with Crippen molar-refractivity contribution >= 4 is 6.29 Å². The first-order chi connectivity index (χ1) is 12.8. The van der Waals surface area contributed by atoms with E-state index in [2.05, 4.69) is 68.5 Å². The topological polar surface area (TPSA) is 40.9 Å². The van der Waals surface area contributed by atoms with Crippen molar-refractivity contribution < 1.29 is 4.79 Å². The Morgan fingerprint density at radius 1 is 0.630 bits per heavy atom. The van der Waals surface area contributed by atoms with Crippen LogP contribution in [0.25, 0.3) is 0 Å². The molecule has 0 aromatic heterocycles. The van der Waals surface area contributed by atoms with Crippen LogP contribution in [0.15, 0.2) is 48.6 Å². The average molecular weight is 374 g/mol. The molecule has 0 fully saturated rings. The Kier molecular flexibility index (Phi) is 35.2. The third-order valence-electron chi connectivity index (χ3n) is 3.50. The Morgan fingerprint density at radius 3 is 1.44 bits per heavy atom. The second kappa shape index (κ2) is 31.8. The molecule has 0 aliphatic rings. The lowest BCUT2D eigenvalue weighted by atomic mass is 10.2. The highest BCUT2D eigenvalue weighted by Gasteiger charge is 1.82. The fourth-order valence-electron chi connectivity index (χ4n) is 2.06. The summed E-state index contributed by atoms with van der Waals surface area (Å²) in [5.41, 5.74) is 0. The van der Waals surface area contributed by atoms with E-state index in [-0.39, 0.29) is 7.43 Å². The second-order valence-electron chi connectivity index (χ2n) is 6.00. The van der Waals surface area contributed by atoms with Gasteiger partial charge in [-0.2, -0.15) is 5.26 Å². The second-order valence-corrected chi connectivity index (χ2v) is 6.00. The van der Waals surface area contributed by atoms with Gasteiger partial charge in [-0.05, 0) is 64.2 Å². The number of hydrogen-bond acceptors (Lipinski definition) is 2. The molecule has 2 nitrogen and oxygen atoms in total. The van der Waals surface area contributed by atoms with E-state index >= 15 is 0 Å². The molecule has 154 valence electrons. The van der Waals surface area contributed by atoms with Gasteiger partial charge in [0, 0.05) is 12.8 Å². The van der Waals surface area contributed by atoms with Crippen LogP contribution in [0.2, 0.25) is 0 Å². The van der Waals surface area contributed by atoms with Crippen LogP contribution >= 0.6 is 0 Å². The first-order valence-electron chi connectivity index (χ1n) is 10.2. The van der Waals surface area contributed by atoms with Crippen LogP contribution in [0.3, 0.4) is 0 Å². The van der Waals surface area contributed by atoms with Crippen molar-refractivity contribution in [2.45, 2.75) is 98.3 Å². The molecular formula is C25H43NO. The van der Waals surface area contributed by atoms with Crippen molar-refractivity contribution in [1.29, 1.82) is 5.26 Å². The van der Waals surface area contributed by atoms with Gasteiger partial charge < -0.3 is 4.79 Å². The number of unbranched alkanes of at least 4 members (excludes halogenated alkanes) is 6. The predicted octanol–water partition coefficient (Wildman–Crippen LogP) is 8.28. The van der Waals surface area contributed by atoms with E-state index in [9.17, 15) is 4.79 Å². The molecular weight excluding hydrogens is 330 g/mol. The number of nitrogens with zero attached hydrogens (tertiary/aromatic N) is 1. The highest BCUT2D eigenvalue weighted by atomic mass is 16.1. The van der Waals surface area contributed by atoms with E-state index in [1.54, 1.807) is 0 Å². The highest BCUT2D eigenvalue weighted by Crippen LogP contribution is 2.00. The molecule has 0 bridgehead atoms. The van der Waals surface area contributed by atoms with Gasteiger partial charge in [-0.15, -0.1) is 0 Å². The van der Waals surface area contributed by atoms with Crippen molar-refractivity contribution in [2.75, 3.05) is 0 Å². The van der Waals surface area contributed by atoms with E-state index in [1.807, 2.05) is 0 Å². The summed E-state index contributed by atoms with van der Waals surface area (Å²) < 4.78 is 0. The summed E-state index contributed by atoms with van der Waals surface area (Å²) in [7, 11) is 0. The Bertz CT molecular complexity index is 424. The summed E-state index contributed by atoms with van der Waals surface area (Å²) in [6.07, 6.45) is 30.8. The normalized spacial score (nSPS) is 10.9. The van der Waals surface area contributed by atoms with Gasteiger partial charge >= 0.3 is 0 Å². The monoisotopic (exact) mass is 373 g/mol. The van der Waals surface area contributed by atoms with Crippen LogP contribution in [0.1, 0.15) is 98.3 Å².